The molecular formula is C13H13BrN4. The highest BCUT2D eigenvalue weighted by Gasteiger charge is 2.04. The minimum Gasteiger partial charge on any atom is -0.378 e. The number of halogens is 1. The lowest BCUT2D eigenvalue weighted by Gasteiger charge is -2.08. The van der Waals surface area contributed by atoms with E-state index in [1.807, 2.05) is 30.8 Å². The number of aromatic nitrogens is 2. The van der Waals surface area contributed by atoms with Crippen LogP contribution in [-0.4, -0.2) is 9.78 Å². The van der Waals surface area contributed by atoms with Gasteiger partial charge in [0.2, 0.25) is 0 Å². The second-order valence-electron chi connectivity index (χ2n) is 4.06. The first-order valence-corrected chi connectivity index (χ1v) is 6.32. The van der Waals surface area contributed by atoms with Crippen molar-refractivity contribution in [1.82, 2.24) is 9.78 Å². The topological polar surface area (TPSA) is 53.6 Å². The molecule has 0 radical (unpaired) electrons. The maximum atomic E-state index is 8.80. The van der Waals surface area contributed by atoms with Crippen LogP contribution in [0.2, 0.25) is 0 Å². The number of aryl methyl sites for hydroxylation is 2. The minimum atomic E-state index is 0.642. The second-order valence-corrected chi connectivity index (χ2v) is 4.91. The summed E-state index contributed by atoms with van der Waals surface area (Å²) in [5.74, 6) is 0. The predicted octanol–water partition coefficient (Wildman–Crippen LogP) is 2.97. The maximum Gasteiger partial charge on any atom is 0.0992 e. The number of nitrogens with zero attached hydrogens (tertiary/aromatic N) is 3. The van der Waals surface area contributed by atoms with Crippen LogP contribution in [0.3, 0.4) is 0 Å². The number of benzene rings is 1. The lowest BCUT2D eigenvalue weighted by atomic mass is 10.2. The SMILES string of the molecule is Cc1cc(CNc2ccc(C#N)cc2Br)n(C)n1. The molecular weight excluding hydrogens is 292 g/mol. The first-order chi connectivity index (χ1) is 8.60. The first-order valence-electron chi connectivity index (χ1n) is 5.53. The van der Waals surface area contributed by atoms with E-state index in [-0.39, 0.29) is 0 Å². The predicted molar refractivity (Wildman–Crippen MR) is 74.1 cm³/mol. The van der Waals surface area contributed by atoms with Crippen LogP contribution < -0.4 is 5.32 Å². The zero-order chi connectivity index (χ0) is 13.1. The van der Waals surface area contributed by atoms with Gasteiger partial charge in [-0.3, -0.25) is 4.68 Å². The Hall–Kier alpha value is -1.80. The van der Waals surface area contributed by atoms with E-state index < -0.39 is 0 Å². The highest BCUT2D eigenvalue weighted by molar-refractivity contribution is 9.10. The standard InChI is InChI=1S/C13H13BrN4/c1-9-5-11(18(2)17-9)8-16-13-4-3-10(7-15)6-12(13)14/h3-6,16H,8H2,1-2H3. The van der Waals surface area contributed by atoms with Crippen molar-refractivity contribution in [3.63, 3.8) is 0 Å². The largest absolute Gasteiger partial charge is 0.378 e. The third-order valence-electron chi connectivity index (χ3n) is 2.66. The van der Waals surface area contributed by atoms with Gasteiger partial charge in [0, 0.05) is 17.2 Å². The summed E-state index contributed by atoms with van der Waals surface area (Å²) in [5, 5.41) is 16.4. The van der Waals surface area contributed by atoms with Gasteiger partial charge in [0.25, 0.3) is 0 Å². The molecule has 2 aromatic rings. The Labute approximate surface area is 114 Å². The van der Waals surface area contributed by atoms with Crippen LogP contribution in [0.4, 0.5) is 5.69 Å². The summed E-state index contributed by atoms with van der Waals surface area (Å²) in [6.45, 7) is 2.67. The second kappa shape index (κ2) is 5.23. The van der Waals surface area contributed by atoms with E-state index in [4.69, 9.17) is 5.26 Å². The van der Waals surface area contributed by atoms with E-state index in [0.29, 0.717) is 12.1 Å². The number of hydrogen-bond acceptors (Lipinski definition) is 3. The Balaban J connectivity index is 2.11. The van der Waals surface area contributed by atoms with Crippen LogP contribution in [0.1, 0.15) is 17.0 Å². The fraction of sp³-hybridized carbons (Fsp3) is 0.231. The number of rotatable bonds is 3. The molecule has 0 bridgehead atoms. The van der Waals surface area contributed by atoms with E-state index >= 15 is 0 Å². The number of hydrogen-bond donors (Lipinski definition) is 1. The quantitative estimate of drug-likeness (QED) is 0.948. The van der Waals surface area contributed by atoms with Gasteiger partial charge in [0.1, 0.15) is 0 Å². The Morgan fingerprint density at radius 2 is 2.22 bits per heavy atom. The van der Waals surface area contributed by atoms with Crippen LogP contribution in [0.15, 0.2) is 28.7 Å². The van der Waals surface area contributed by atoms with E-state index in [1.54, 1.807) is 12.1 Å². The summed E-state index contributed by atoms with van der Waals surface area (Å²) < 4.78 is 2.75. The fourth-order valence-electron chi connectivity index (χ4n) is 1.74. The molecule has 0 amide bonds. The summed E-state index contributed by atoms with van der Waals surface area (Å²) in [7, 11) is 1.93. The molecule has 4 nitrogen and oxygen atoms in total. The zero-order valence-electron chi connectivity index (χ0n) is 10.2. The summed E-state index contributed by atoms with van der Waals surface area (Å²) in [6.07, 6.45) is 0. The molecule has 92 valence electrons. The van der Waals surface area contributed by atoms with Crippen molar-refractivity contribution in [2.75, 3.05) is 5.32 Å². The van der Waals surface area contributed by atoms with E-state index in [9.17, 15) is 0 Å². The van der Waals surface area contributed by atoms with Crippen molar-refractivity contribution in [2.24, 2.45) is 7.05 Å². The van der Waals surface area contributed by atoms with Gasteiger partial charge in [-0.15, -0.1) is 0 Å². The average molecular weight is 305 g/mol. The molecule has 0 atom stereocenters. The van der Waals surface area contributed by atoms with E-state index in [1.165, 1.54) is 0 Å². The molecule has 1 heterocycles. The molecule has 1 aromatic carbocycles. The third-order valence-corrected chi connectivity index (χ3v) is 3.31. The number of anilines is 1. The maximum absolute atomic E-state index is 8.80. The number of nitriles is 1. The normalized spacial score (nSPS) is 10.1. The fourth-order valence-corrected chi connectivity index (χ4v) is 2.26. The van der Waals surface area contributed by atoms with Crippen LogP contribution in [-0.2, 0) is 13.6 Å². The van der Waals surface area contributed by atoms with Crippen molar-refractivity contribution >= 4 is 21.6 Å². The molecule has 2 rings (SSSR count). The molecule has 0 unspecified atom stereocenters. The van der Waals surface area contributed by atoms with Crippen molar-refractivity contribution in [3.05, 3.63) is 45.7 Å². The Kier molecular flexibility index (Phi) is 3.68. The lowest BCUT2D eigenvalue weighted by Crippen LogP contribution is -2.05. The molecule has 0 saturated heterocycles. The van der Waals surface area contributed by atoms with Gasteiger partial charge < -0.3 is 5.32 Å². The van der Waals surface area contributed by atoms with E-state index in [2.05, 4.69) is 32.4 Å². The Morgan fingerprint density at radius 1 is 1.44 bits per heavy atom. The molecule has 0 saturated carbocycles. The van der Waals surface area contributed by atoms with Crippen molar-refractivity contribution < 1.29 is 0 Å². The molecule has 5 heteroatoms. The van der Waals surface area contributed by atoms with Crippen LogP contribution >= 0.6 is 15.9 Å². The highest BCUT2D eigenvalue weighted by Crippen LogP contribution is 2.23. The minimum absolute atomic E-state index is 0.642. The summed E-state index contributed by atoms with van der Waals surface area (Å²) in [6, 6.07) is 9.65. The molecule has 1 aromatic heterocycles. The highest BCUT2D eigenvalue weighted by atomic mass is 79.9. The smallest absolute Gasteiger partial charge is 0.0992 e. The van der Waals surface area contributed by atoms with Gasteiger partial charge in [0.15, 0.2) is 0 Å². The summed E-state index contributed by atoms with van der Waals surface area (Å²) in [5.41, 5.74) is 3.73. The van der Waals surface area contributed by atoms with Crippen molar-refractivity contribution in [1.29, 1.82) is 5.26 Å². The van der Waals surface area contributed by atoms with Gasteiger partial charge in [-0.2, -0.15) is 10.4 Å². The molecule has 18 heavy (non-hydrogen) atoms. The van der Waals surface area contributed by atoms with E-state index in [0.717, 1.165) is 21.5 Å². The summed E-state index contributed by atoms with van der Waals surface area (Å²) in [4.78, 5) is 0. The van der Waals surface area contributed by atoms with Crippen molar-refractivity contribution in [3.8, 4) is 6.07 Å². The molecule has 0 aliphatic rings. The van der Waals surface area contributed by atoms with Gasteiger partial charge >= 0.3 is 0 Å². The van der Waals surface area contributed by atoms with Crippen molar-refractivity contribution in [2.45, 2.75) is 13.5 Å². The van der Waals surface area contributed by atoms with Crippen LogP contribution in [0.25, 0.3) is 0 Å². The zero-order valence-corrected chi connectivity index (χ0v) is 11.8. The lowest BCUT2D eigenvalue weighted by molar-refractivity contribution is 0.713. The Morgan fingerprint density at radius 3 is 2.78 bits per heavy atom. The molecule has 0 aliphatic carbocycles. The van der Waals surface area contributed by atoms with Gasteiger partial charge in [0.05, 0.1) is 29.6 Å². The molecule has 1 N–H and O–H groups in total. The molecule has 0 fully saturated rings. The van der Waals surface area contributed by atoms with Gasteiger partial charge in [-0.1, -0.05) is 0 Å². The first kappa shape index (κ1) is 12.7. The van der Waals surface area contributed by atoms with Crippen LogP contribution in [0, 0.1) is 18.3 Å². The summed E-state index contributed by atoms with van der Waals surface area (Å²) >= 11 is 3.45. The average Bonchev–Trinajstić information content (AvgIpc) is 2.66. The van der Waals surface area contributed by atoms with Crippen LogP contribution in [0.5, 0.6) is 0 Å². The number of nitrogens with one attached hydrogen (secondary N) is 1. The Bertz CT molecular complexity index is 610. The molecule has 0 aliphatic heterocycles. The monoisotopic (exact) mass is 304 g/mol. The van der Waals surface area contributed by atoms with Gasteiger partial charge in [-0.25, -0.2) is 0 Å². The van der Waals surface area contributed by atoms with Gasteiger partial charge in [-0.05, 0) is 47.1 Å². The third kappa shape index (κ3) is 2.71. The molecule has 0 spiro atoms.